The molecule has 2 N–H and O–H groups in total. The molecule has 1 aliphatic rings. The summed E-state index contributed by atoms with van der Waals surface area (Å²) in [6, 6.07) is 0. The van der Waals surface area contributed by atoms with Gasteiger partial charge < -0.3 is 10.4 Å². The second-order valence-electron chi connectivity index (χ2n) is 5.63. The highest BCUT2D eigenvalue weighted by atomic mass is 16.4. The van der Waals surface area contributed by atoms with E-state index in [-0.39, 0.29) is 24.3 Å². The fourth-order valence-electron chi connectivity index (χ4n) is 2.55. The highest BCUT2D eigenvalue weighted by molar-refractivity contribution is 5.77. The van der Waals surface area contributed by atoms with Crippen molar-refractivity contribution < 1.29 is 14.7 Å². The lowest BCUT2D eigenvalue weighted by Gasteiger charge is -2.38. The van der Waals surface area contributed by atoms with Crippen molar-refractivity contribution in [1.29, 1.82) is 0 Å². The second-order valence-corrected chi connectivity index (χ2v) is 5.63. The lowest BCUT2D eigenvalue weighted by atomic mass is 9.67. The van der Waals surface area contributed by atoms with Crippen LogP contribution in [0.4, 0.5) is 0 Å². The molecule has 4 nitrogen and oxygen atoms in total. The number of carbonyl (C=O) groups is 2. The first kappa shape index (κ1) is 14.0. The van der Waals surface area contributed by atoms with E-state index in [1.165, 1.54) is 19.3 Å². The average molecular weight is 241 g/mol. The Kier molecular flexibility index (Phi) is 4.97. The van der Waals surface area contributed by atoms with Gasteiger partial charge in [-0.05, 0) is 24.2 Å². The number of rotatable bonds is 5. The zero-order valence-electron chi connectivity index (χ0n) is 10.8. The number of hydrogen-bond donors (Lipinski definition) is 2. The van der Waals surface area contributed by atoms with Crippen LogP contribution in [0.3, 0.4) is 0 Å². The smallest absolute Gasteiger partial charge is 0.305 e. The summed E-state index contributed by atoms with van der Waals surface area (Å²) in [6.07, 6.45) is 5.28. The number of nitrogens with one attached hydrogen (secondary N) is 1. The summed E-state index contributed by atoms with van der Waals surface area (Å²) in [7, 11) is 0. The lowest BCUT2D eigenvalue weighted by molar-refractivity contribution is -0.137. The molecular weight excluding hydrogens is 218 g/mol. The summed E-state index contributed by atoms with van der Waals surface area (Å²) >= 11 is 0. The van der Waals surface area contributed by atoms with Gasteiger partial charge in [-0.15, -0.1) is 0 Å². The van der Waals surface area contributed by atoms with E-state index in [4.69, 9.17) is 5.11 Å². The first-order valence-electron chi connectivity index (χ1n) is 6.40. The Hall–Kier alpha value is -1.06. The number of carbonyl (C=O) groups excluding carboxylic acids is 1. The maximum Gasteiger partial charge on any atom is 0.305 e. The first-order valence-corrected chi connectivity index (χ1v) is 6.40. The molecule has 1 atom stereocenters. The fraction of sp³-hybridized carbons (Fsp3) is 0.846. The number of aliphatic carboxylic acids is 1. The van der Waals surface area contributed by atoms with Gasteiger partial charge >= 0.3 is 5.97 Å². The van der Waals surface area contributed by atoms with Crippen molar-refractivity contribution in [2.24, 2.45) is 11.3 Å². The molecule has 1 saturated carbocycles. The predicted molar refractivity (Wildman–Crippen MR) is 65.6 cm³/mol. The predicted octanol–water partition coefficient (Wildman–Crippen LogP) is 2.18. The molecule has 98 valence electrons. The van der Waals surface area contributed by atoms with Gasteiger partial charge in [0.05, 0.1) is 6.42 Å². The maximum absolute atomic E-state index is 11.7. The Bertz CT molecular complexity index is 286. The summed E-state index contributed by atoms with van der Waals surface area (Å²) in [5, 5.41) is 11.2. The molecule has 0 aromatic carbocycles. The summed E-state index contributed by atoms with van der Waals surface area (Å²) in [5.41, 5.74) is 0.238. The molecule has 1 unspecified atom stereocenters. The van der Waals surface area contributed by atoms with Crippen LogP contribution in [0.2, 0.25) is 0 Å². The standard InChI is InChI=1S/C13H23NO3/c1-13(2)7-4-3-5-10(13)9-11(15)14-8-6-12(16)17/h10H,3-9H2,1-2H3,(H,14,15)(H,16,17). The van der Waals surface area contributed by atoms with Crippen molar-refractivity contribution in [1.82, 2.24) is 5.32 Å². The normalized spacial score (nSPS) is 23.1. The molecule has 0 radical (unpaired) electrons. The monoisotopic (exact) mass is 241 g/mol. The van der Waals surface area contributed by atoms with Gasteiger partial charge in [0, 0.05) is 13.0 Å². The van der Waals surface area contributed by atoms with Crippen LogP contribution in [0.1, 0.15) is 52.4 Å². The van der Waals surface area contributed by atoms with Crippen molar-refractivity contribution in [2.75, 3.05) is 6.54 Å². The molecule has 0 spiro atoms. The average Bonchev–Trinajstić information content (AvgIpc) is 2.20. The van der Waals surface area contributed by atoms with E-state index in [9.17, 15) is 9.59 Å². The highest BCUT2D eigenvalue weighted by Gasteiger charge is 2.33. The topological polar surface area (TPSA) is 66.4 Å². The van der Waals surface area contributed by atoms with Crippen molar-refractivity contribution in [3.8, 4) is 0 Å². The maximum atomic E-state index is 11.7. The van der Waals surface area contributed by atoms with E-state index in [1.807, 2.05) is 0 Å². The third kappa shape index (κ3) is 4.75. The SMILES string of the molecule is CC1(C)CCCCC1CC(=O)NCCC(=O)O. The number of amides is 1. The van der Waals surface area contributed by atoms with Crippen LogP contribution < -0.4 is 5.32 Å². The molecule has 1 fully saturated rings. The molecule has 0 aromatic rings. The second kappa shape index (κ2) is 6.03. The summed E-state index contributed by atoms with van der Waals surface area (Å²) in [5.74, 6) is -0.449. The van der Waals surface area contributed by atoms with Crippen LogP contribution in [0.5, 0.6) is 0 Å². The molecule has 1 aliphatic carbocycles. The number of carboxylic acids is 1. The zero-order chi connectivity index (χ0) is 12.9. The number of carboxylic acid groups (broad SMARTS) is 1. The minimum Gasteiger partial charge on any atom is -0.481 e. The van der Waals surface area contributed by atoms with Crippen LogP contribution in [-0.4, -0.2) is 23.5 Å². The van der Waals surface area contributed by atoms with Crippen LogP contribution in [0.25, 0.3) is 0 Å². The largest absolute Gasteiger partial charge is 0.481 e. The van der Waals surface area contributed by atoms with E-state index in [1.54, 1.807) is 0 Å². The van der Waals surface area contributed by atoms with Gasteiger partial charge in [-0.3, -0.25) is 9.59 Å². The Morgan fingerprint density at radius 2 is 2.06 bits per heavy atom. The Morgan fingerprint density at radius 3 is 2.65 bits per heavy atom. The third-order valence-electron chi connectivity index (χ3n) is 3.82. The minimum absolute atomic E-state index is 0.000199. The molecule has 1 rings (SSSR count). The van der Waals surface area contributed by atoms with E-state index < -0.39 is 5.97 Å². The van der Waals surface area contributed by atoms with Gasteiger partial charge in [-0.1, -0.05) is 26.7 Å². The molecule has 0 aromatic heterocycles. The van der Waals surface area contributed by atoms with Crippen LogP contribution >= 0.6 is 0 Å². The molecule has 0 heterocycles. The van der Waals surface area contributed by atoms with E-state index in [0.717, 1.165) is 6.42 Å². The van der Waals surface area contributed by atoms with Crippen LogP contribution in [0.15, 0.2) is 0 Å². The summed E-state index contributed by atoms with van der Waals surface area (Å²) < 4.78 is 0. The fourth-order valence-corrected chi connectivity index (χ4v) is 2.55. The highest BCUT2D eigenvalue weighted by Crippen LogP contribution is 2.42. The van der Waals surface area contributed by atoms with Gasteiger partial charge in [-0.25, -0.2) is 0 Å². The lowest BCUT2D eigenvalue weighted by Crippen LogP contribution is -2.34. The molecule has 0 saturated heterocycles. The summed E-state index contributed by atoms with van der Waals surface area (Å²) in [4.78, 5) is 22.0. The molecule has 0 aliphatic heterocycles. The molecule has 4 heteroatoms. The molecule has 17 heavy (non-hydrogen) atoms. The van der Waals surface area contributed by atoms with Crippen LogP contribution in [-0.2, 0) is 9.59 Å². The van der Waals surface area contributed by atoms with Crippen molar-refractivity contribution >= 4 is 11.9 Å². The first-order chi connectivity index (χ1) is 7.92. The van der Waals surface area contributed by atoms with E-state index in [0.29, 0.717) is 12.3 Å². The Labute approximate surface area is 103 Å². The van der Waals surface area contributed by atoms with Crippen molar-refractivity contribution in [2.45, 2.75) is 52.4 Å². The molecule has 0 bridgehead atoms. The van der Waals surface area contributed by atoms with E-state index in [2.05, 4.69) is 19.2 Å². The quantitative estimate of drug-likeness (QED) is 0.775. The van der Waals surface area contributed by atoms with Crippen molar-refractivity contribution in [3.05, 3.63) is 0 Å². The summed E-state index contributed by atoms with van der Waals surface area (Å²) in [6.45, 7) is 4.68. The van der Waals surface area contributed by atoms with Gasteiger partial charge in [0.1, 0.15) is 0 Å². The molecule has 1 amide bonds. The number of hydrogen-bond acceptors (Lipinski definition) is 2. The Balaban J connectivity index is 2.32. The van der Waals surface area contributed by atoms with Gasteiger partial charge in [0.2, 0.25) is 5.91 Å². The molecular formula is C13H23NO3. The zero-order valence-corrected chi connectivity index (χ0v) is 10.8. The van der Waals surface area contributed by atoms with E-state index >= 15 is 0 Å². The van der Waals surface area contributed by atoms with Gasteiger partial charge in [0.15, 0.2) is 0 Å². The minimum atomic E-state index is -0.872. The van der Waals surface area contributed by atoms with Gasteiger partial charge in [-0.2, -0.15) is 0 Å². The van der Waals surface area contributed by atoms with Crippen molar-refractivity contribution in [3.63, 3.8) is 0 Å². The van der Waals surface area contributed by atoms with Gasteiger partial charge in [0.25, 0.3) is 0 Å². The van der Waals surface area contributed by atoms with Crippen LogP contribution in [0, 0.1) is 11.3 Å². The third-order valence-corrected chi connectivity index (χ3v) is 3.82. The Morgan fingerprint density at radius 1 is 1.35 bits per heavy atom.